The number of nitrogens with zero attached hydrogens (tertiary/aromatic N) is 2. The largest absolute Gasteiger partial charge is 0.434 e. The van der Waals surface area contributed by atoms with Crippen molar-refractivity contribution in [3.05, 3.63) is 46.7 Å². The second kappa shape index (κ2) is 9.80. The van der Waals surface area contributed by atoms with E-state index in [2.05, 4.69) is 15.7 Å². The monoisotopic (exact) mass is 410 g/mol. The lowest BCUT2D eigenvalue weighted by molar-refractivity contribution is -0.143. The first-order valence-electron chi connectivity index (χ1n) is 7.74. The summed E-state index contributed by atoms with van der Waals surface area (Å²) in [7, 11) is 0. The maximum Gasteiger partial charge on any atom is 0.434 e. The normalized spacial score (nSPS) is 11.1. The van der Waals surface area contributed by atoms with E-state index in [9.17, 15) is 18.0 Å². The van der Waals surface area contributed by atoms with Crippen LogP contribution < -0.4 is 10.6 Å². The highest BCUT2D eigenvalue weighted by molar-refractivity contribution is 6.30. The van der Waals surface area contributed by atoms with Crippen LogP contribution in [0.5, 0.6) is 0 Å². The van der Waals surface area contributed by atoms with Crippen LogP contribution in [0, 0.1) is 0 Å². The summed E-state index contributed by atoms with van der Waals surface area (Å²) in [5, 5.41) is 9.65. The van der Waals surface area contributed by atoms with Gasteiger partial charge in [0.05, 0.1) is 17.4 Å². The zero-order chi connectivity index (χ0) is 18.4. The summed E-state index contributed by atoms with van der Waals surface area (Å²) in [4.78, 5) is 12.1. The average Bonchev–Trinajstić information content (AvgIpc) is 3.00. The number of hydrogen-bond acceptors (Lipinski definition) is 3. The SMILES string of the molecule is CCCNCCNC(=O)c1cnn(-c2ccc(Cl)cc2)c1C(F)(F)F.Cl. The quantitative estimate of drug-likeness (QED) is 0.684. The first-order valence-corrected chi connectivity index (χ1v) is 8.12. The Balaban J connectivity index is 0.00000338. The van der Waals surface area contributed by atoms with Crippen LogP contribution in [0.25, 0.3) is 5.69 Å². The molecule has 2 aromatic rings. The van der Waals surface area contributed by atoms with Crippen LogP contribution in [0.15, 0.2) is 30.5 Å². The van der Waals surface area contributed by atoms with Gasteiger partial charge in [0.1, 0.15) is 0 Å². The lowest BCUT2D eigenvalue weighted by atomic mass is 10.2. The van der Waals surface area contributed by atoms with Gasteiger partial charge < -0.3 is 10.6 Å². The van der Waals surface area contributed by atoms with Gasteiger partial charge in [0.2, 0.25) is 0 Å². The van der Waals surface area contributed by atoms with Crippen LogP contribution in [-0.2, 0) is 6.18 Å². The van der Waals surface area contributed by atoms with Crippen molar-refractivity contribution in [3.63, 3.8) is 0 Å². The van der Waals surface area contributed by atoms with Crippen LogP contribution in [0.1, 0.15) is 29.4 Å². The summed E-state index contributed by atoms with van der Waals surface area (Å²) >= 11 is 5.76. The fourth-order valence-corrected chi connectivity index (χ4v) is 2.35. The van der Waals surface area contributed by atoms with E-state index in [-0.39, 0.29) is 24.6 Å². The van der Waals surface area contributed by atoms with E-state index in [1.807, 2.05) is 6.92 Å². The molecule has 10 heteroatoms. The second-order valence-corrected chi connectivity index (χ2v) is 5.74. The molecule has 1 heterocycles. The molecule has 26 heavy (non-hydrogen) atoms. The van der Waals surface area contributed by atoms with Crippen molar-refractivity contribution >= 4 is 29.9 Å². The van der Waals surface area contributed by atoms with Gasteiger partial charge in [-0.1, -0.05) is 18.5 Å². The van der Waals surface area contributed by atoms with Crippen molar-refractivity contribution in [2.24, 2.45) is 0 Å². The number of carbonyl (C=O) groups excluding carboxylic acids is 1. The lowest BCUT2D eigenvalue weighted by Crippen LogP contribution is -2.33. The standard InChI is InChI=1S/C16H18ClF3N4O.ClH/c1-2-7-21-8-9-22-15(25)13-10-23-24(14(13)16(18,19)20)12-5-3-11(17)4-6-12;/h3-6,10,21H,2,7-9H2,1H3,(H,22,25);1H. The molecular weight excluding hydrogens is 392 g/mol. The van der Waals surface area contributed by atoms with Crippen molar-refractivity contribution in [3.8, 4) is 5.69 Å². The van der Waals surface area contributed by atoms with Gasteiger partial charge in [-0.15, -0.1) is 12.4 Å². The molecule has 1 aromatic carbocycles. The van der Waals surface area contributed by atoms with Crippen LogP contribution in [0.4, 0.5) is 13.2 Å². The minimum atomic E-state index is -4.73. The van der Waals surface area contributed by atoms with E-state index >= 15 is 0 Å². The Labute approximate surface area is 160 Å². The van der Waals surface area contributed by atoms with E-state index in [1.165, 1.54) is 24.3 Å². The number of rotatable bonds is 7. The van der Waals surface area contributed by atoms with Crippen molar-refractivity contribution in [2.75, 3.05) is 19.6 Å². The molecule has 0 bridgehead atoms. The number of aromatic nitrogens is 2. The summed E-state index contributed by atoms with van der Waals surface area (Å²) in [5.74, 6) is -0.814. The van der Waals surface area contributed by atoms with Gasteiger partial charge in [0, 0.05) is 18.1 Å². The molecule has 5 nitrogen and oxygen atoms in total. The summed E-state index contributed by atoms with van der Waals surface area (Å²) in [5.41, 5.74) is -1.47. The highest BCUT2D eigenvalue weighted by atomic mass is 35.5. The molecule has 2 N–H and O–H groups in total. The topological polar surface area (TPSA) is 58.9 Å². The van der Waals surface area contributed by atoms with Gasteiger partial charge in [-0.3, -0.25) is 4.79 Å². The Bertz CT molecular complexity index is 717. The molecule has 0 atom stereocenters. The Morgan fingerprint density at radius 2 is 1.85 bits per heavy atom. The molecule has 0 fully saturated rings. The third kappa shape index (κ3) is 5.62. The molecule has 2 rings (SSSR count). The molecule has 0 aliphatic carbocycles. The molecule has 0 aliphatic heterocycles. The fourth-order valence-electron chi connectivity index (χ4n) is 2.23. The summed E-state index contributed by atoms with van der Waals surface area (Å²) < 4.78 is 41.1. The Morgan fingerprint density at radius 1 is 1.19 bits per heavy atom. The van der Waals surface area contributed by atoms with E-state index in [0.29, 0.717) is 16.2 Å². The number of amides is 1. The van der Waals surface area contributed by atoms with Crippen LogP contribution in [0.3, 0.4) is 0 Å². The van der Waals surface area contributed by atoms with Gasteiger partial charge in [0.25, 0.3) is 5.91 Å². The highest BCUT2D eigenvalue weighted by Crippen LogP contribution is 2.33. The zero-order valence-corrected chi connectivity index (χ0v) is 15.5. The minimum absolute atomic E-state index is 0. The molecular formula is C16H19Cl2F3N4O. The fraction of sp³-hybridized carbons (Fsp3) is 0.375. The molecule has 1 amide bonds. The van der Waals surface area contributed by atoms with E-state index in [4.69, 9.17) is 11.6 Å². The number of carbonyl (C=O) groups is 1. The maximum absolute atomic E-state index is 13.5. The van der Waals surface area contributed by atoms with Crippen molar-refractivity contribution in [1.29, 1.82) is 0 Å². The smallest absolute Gasteiger partial charge is 0.351 e. The third-order valence-corrected chi connectivity index (χ3v) is 3.62. The Kier molecular flexibility index (Phi) is 8.39. The van der Waals surface area contributed by atoms with E-state index in [0.717, 1.165) is 19.2 Å². The number of hydrogen-bond donors (Lipinski definition) is 2. The molecule has 0 aliphatic rings. The summed E-state index contributed by atoms with van der Waals surface area (Å²) in [6.45, 7) is 3.47. The van der Waals surface area contributed by atoms with Crippen LogP contribution in [-0.4, -0.2) is 35.3 Å². The molecule has 0 saturated heterocycles. The minimum Gasteiger partial charge on any atom is -0.351 e. The zero-order valence-electron chi connectivity index (χ0n) is 13.9. The van der Waals surface area contributed by atoms with Gasteiger partial charge in [-0.2, -0.15) is 18.3 Å². The van der Waals surface area contributed by atoms with Crippen LogP contribution in [0.2, 0.25) is 5.02 Å². The first kappa shape index (κ1) is 22.3. The Hall–Kier alpha value is -1.77. The Morgan fingerprint density at radius 3 is 2.42 bits per heavy atom. The molecule has 0 saturated carbocycles. The average molecular weight is 411 g/mol. The third-order valence-electron chi connectivity index (χ3n) is 3.37. The predicted octanol–water partition coefficient (Wildman–Crippen LogP) is 3.70. The van der Waals surface area contributed by atoms with Gasteiger partial charge in [0.15, 0.2) is 5.69 Å². The van der Waals surface area contributed by atoms with E-state index in [1.54, 1.807) is 0 Å². The van der Waals surface area contributed by atoms with Crippen molar-refractivity contribution < 1.29 is 18.0 Å². The molecule has 1 aromatic heterocycles. The van der Waals surface area contributed by atoms with Gasteiger partial charge in [-0.25, -0.2) is 4.68 Å². The van der Waals surface area contributed by atoms with Gasteiger partial charge >= 0.3 is 6.18 Å². The number of alkyl halides is 3. The number of benzene rings is 1. The van der Waals surface area contributed by atoms with Crippen LogP contribution >= 0.6 is 24.0 Å². The number of halogens is 5. The molecule has 0 unspecified atom stereocenters. The maximum atomic E-state index is 13.5. The second-order valence-electron chi connectivity index (χ2n) is 5.30. The molecule has 0 radical (unpaired) electrons. The van der Waals surface area contributed by atoms with Crippen molar-refractivity contribution in [1.82, 2.24) is 20.4 Å². The first-order chi connectivity index (χ1) is 11.8. The predicted molar refractivity (Wildman–Crippen MR) is 96.3 cm³/mol. The highest BCUT2D eigenvalue weighted by Gasteiger charge is 2.40. The number of nitrogens with one attached hydrogen (secondary N) is 2. The summed E-state index contributed by atoms with van der Waals surface area (Å²) in [6.07, 6.45) is -2.88. The molecule has 0 spiro atoms. The lowest BCUT2D eigenvalue weighted by Gasteiger charge is -2.13. The van der Waals surface area contributed by atoms with E-state index < -0.39 is 23.3 Å². The summed E-state index contributed by atoms with van der Waals surface area (Å²) in [6, 6.07) is 5.72. The van der Waals surface area contributed by atoms with Gasteiger partial charge in [-0.05, 0) is 37.2 Å². The van der Waals surface area contributed by atoms with Crippen molar-refractivity contribution in [2.45, 2.75) is 19.5 Å². The molecule has 144 valence electrons.